The van der Waals surface area contributed by atoms with Crippen LogP contribution in [0.4, 0.5) is 0 Å². The third kappa shape index (κ3) is 2.32. The Kier molecular flexibility index (Phi) is 3.68. The number of rotatable bonds is 5. The Bertz CT molecular complexity index is 616. The summed E-state index contributed by atoms with van der Waals surface area (Å²) < 4.78 is 0. The van der Waals surface area contributed by atoms with Crippen molar-refractivity contribution in [3.8, 4) is 0 Å². The second-order valence-electron chi connectivity index (χ2n) is 4.66. The van der Waals surface area contributed by atoms with Gasteiger partial charge in [0, 0.05) is 10.7 Å². The predicted molar refractivity (Wildman–Crippen MR) is 75.2 cm³/mol. The van der Waals surface area contributed by atoms with E-state index in [0.29, 0.717) is 15.7 Å². The molecule has 0 spiro atoms. The number of carboxylic acid groups (broad SMARTS) is 1. The lowest BCUT2D eigenvalue weighted by Gasteiger charge is -2.43. The second kappa shape index (κ2) is 5.35. The molecule has 21 heavy (non-hydrogen) atoms. The molecule has 1 fully saturated rings. The lowest BCUT2D eigenvalue weighted by Crippen LogP contribution is -2.60. The number of aliphatic hydroxyl groups is 1. The predicted octanol–water partition coefficient (Wildman–Crippen LogP) is 0.105. The van der Waals surface area contributed by atoms with Crippen LogP contribution in [0.1, 0.15) is 6.92 Å². The highest BCUT2D eigenvalue weighted by Gasteiger charge is 2.57. The van der Waals surface area contributed by atoms with Gasteiger partial charge >= 0.3 is 5.97 Å². The van der Waals surface area contributed by atoms with Crippen LogP contribution in [0.2, 0.25) is 0 Å². The minimum Gasteiger partial charge on any atom is -0.477 e. The molecule has 1 aromatic heterocycles. The molecule has 10 heteroatoms. The zero-order chi connectivity index (χ0) is 15.1. The number of fused-ring (bicyclic) bond motifs is 1. The highest BCUT2D eigenvalue weighted by Crippen LogP contribution is 2.51. The van der Waals surface area contributed by atoms with Crippen molar-refractivity contribution in [2.75, 3.05) is 5.75 Å². The number of hydrogen-bond acceptors (Lipinski definition) is 7. The SMILES string of the molecule is C[C@@H](O)[C@H]1C(=O)N2C(C(=O)O)=C(CSc3cn[nH]n3)S[C@H]12. The standard InChI is InChI=1S/C11H12N4O4S2/c1-4(16)7-9(17)15-8(11(18)19)5(21-10(7)15)3-20-6-2-12-14-13-6/h2,4,7,10,16H,3H2,1H3,(H,18,19)(H,12,13,14)/t4-,7+,10-/m1/s1. The molecule has 8 nitrogen and oxygen atoms in total. The lowest BCUT2D eigenvalue weighted by atomic mass is 9.92. The van der Waals surface area contributed by atoms with Crippen molar-refractivity contribution in [3.05, 3.63) is 16.8 Å². The summed E-state index contributed by atoms with van der Waals surface area (Å²) in [4.78, 5) is 25.3. The van der Waals surface area contributed by atoms with E-state index in [-0.39, 0.29) is 17.0 Å². The molecule has 1 aromatic rings. The molecule has 1 amide bonds. The number of H-pyrrole nitrogens is 1. The molecule has 0 unspecified atom stereocenters. The van der Waals surface area contributed by atoms with E-state index >= 15 is 0 Å². The van der Waals surface area contributed by atoms with Crippen LogP contribution in [0.15, 0.2) is 21.8 Å². The second-order valence-corrected chi connectivity index (χ2v) is 6.86. The van der Waals surface area contributed by atoms with E-state index in [9.17, 15) is 19.8 Å². The van der Waals surface area contributed by atoms with Crippen molar-refractivity contribution in [3.63, 3.8) is 0 Å². The number of aliphatic carboxylic acids is 1. The number of carbonyl (C=O) groups is 2. The maximum Gasteiger partial charge on any atom is 0.353 e. The van der Waals surface area contributed by atoms with Gasteiger partial charge in [-0.25, -0.2) is 4.79 Å². The van der Waals surface area contributed by atoms with Crippen LogP contribution in [0, 0.1) is 5.92 Å². The first-order valence-electron chi connectivity index (χ1n) is 6.13. The molecule has 0 aromatic carbocycles. The van der Waals surface area contributed by atoms with Crippen LogP contribution in [0.3, 0.4) is 0 Å². The molecule has 0 aliphatic carbocycles. The van der Waals surface area contributed by atoms with Gasteiger partial charge < -0.3 is 10.2 Å². The minimum absolute atomic E-state index is 0.0166. The van der Waals surface area contributed by atoms with E-state index < -0.39 is 18.0 Å². The quantitative estimate of drug-likeness (QED) is 0.514. The molecular formula is C11H12N4O4S2. The average molecular weight is 328 g/mol. The highest BCUT2D eigenvalue weighted by molar-refractivity contribution is 8.06. The first kappa shape index (κ1) is 14.4. The maximum atomic E-state index is 12.0. The van der Waals surface area contributed by atoms with Crippen LogP contribution in [-0.2, 0) is 9.59 Å². The van der Waals surface area contributed by atoms with Gasteiger partial charge in [-0.15, -0.1) is 16.9 Å². The average Bonchev–Trinajstić information content (AvgIpc) is 3.01. The Hall–Kier alpha value is -1.52. The summed E-state index contributed by atoms with van der Waals surface area (Å²) in [5.74, 6) is -1.61. The number of amides is 1. The zero-order valence-corrected chi connectivity index (χ0v) is 12.5. The third-order valence-electron chi connectivity index (χ3n) is 3.32. The normalized spacial score (nSPS) is 25.8. The summed E-state index contributed by atoms with van der Waals surface area (Å²) in [6, 6.07) is 0. The van der Waals surface area contributed by atoms with E-state index in [0.717, 1.165) is 0 Å². The van der Waals surface area contributed by atoms with Crippen molar-refractivity contribution < 1.29 is 19.8 Å². The van der Waals surface area contributed by atoms with E-state index in [2.05, 4.69) is 15.4 Å². The topological polar surface area (TPSA) is 119 Å². The molecule has 3 N–H and O–H groups in total. The largest absolute Gasteiger partial charge is 0.477 e. The van der Waals surface area contributed by atoms with E-state index in [1.807, 2.05) is 0 Å². The van der Waals surface area contributed by atoms with E-state index in [1.54, 1.807) is 13.1 Å². The van der Waals surface area contributed by atoms with Gasteiger partial charge in [-0.2, -0.15) is 10.3 Å². The van der Waals surface area contributed by atoms with Gasteiger partial charge in [0.25, 0.3) is 0 Å². The molecule has 3 rings (SSSR count). The van der Waals surface area contributed by atoms with Crippen molar-refractivity contribution in [2.24, 2.45) is 5.92 Å². The van der Waals surface area contributed by atoms with Crippen LogP contribution in [0.25, 0.3) is 0 Å². The lowest BCUT2D eigenvalue weighted by molar-refractivity contribution is -0.156. The summed E-state index contributed by atoms with van der Waals surface area (Å²) in [5.41, 5.74) is 0.0166. The van der Waals surface area contributed by atoms with Gasteiger partial charge in [-0.05, 0) is 6.92 Å². The molecule has 3 heterocycles. The zero-order valence-electron chi connectivity index (χ0n) is 10.9. The van der Waals surface area contributed by atoms with Crippen LogP contribution in [0.5, 0.6) is 0 Å². The smallest absolute Gasteiger partial charge is 0.353 e. The number of aromatic nitrogens is 3. The number of carbonyl (C=O) groups excluding carboxylic acids is 1. The first-order chi connectivity index (χ1) is 10.0. The fourth-order valence-electron chi connectivity index (χ4n) is 2.36. The summed E-state index contributed by atoms with van der Waals surface area (Å²) in [5, 5.41) is 29.3. The highest BCUT2D eigenvalue weighted by atomic mass is 32.2. The van der Waals surface area contributed by atoms with Gasteiger partial charge in [0.15, 0.2) is 0 Å². The van der Waals surface area contributed by atoms with Crippen molar-refractivity contribution in [1.29, 1.82) is 0 Å². The molecule has 2 aliphatic heterocycles. The van der Waals surface area contributed by atoms with Gasteiger partial charge in [0.1, 0.15) is 16.1 Å². The molecule has 3 atom stereocenters. The number of aromatic amines is 1. The summed E-state index contributed by atoms with van der Waals surface area (Å²) in [6.07, 6.45) is 0.757. The summed E-state index contributed by atoms with van der Waals surface area (Å²) in [7, 11) is 0. The summed E-state index contributed by atoms with van der Waals surface area (Å²) in [6.45, 7) is 1.54. The third-order valence-corrected chi connectivity index (χ3v) is 5.79. The molecule has 0 radical (unpaired) electrons. The monoisotopic (exact) mass is 328 g/mol. The fourth-order valence-corrected chi connectivity index (χ4v) is 4.85. The van der Waals surface area contributed by atoms with Gasteiger partial charge in [0.2, 0.25) is 5.91 Å². The molecule has 0 saturated carbocycles. The number of aliphatic hydroxyl groups excluding tert-OH is 1. The number of thioether (sulfide) groups is 2. The number of hydrogen-bond donors (Lipinski definition) is 3. The Morgan fingerprint density at radius 1 is 1.67 bits per heavy atom. The molecule has 0 bridgehead atoms. The van der Waals surface area contributed by atoms with Gasteiger partial charge in [-0.1, -0.05) is 11.8 Å². The Morgan fingerprint density at radius 2 is 2.43 bits per heavy atom. The molecule has 2 aliphatic rings. The van der Waals surface area contributed by atoms with Crippen LogP contribution < -0.4 is 0 Å². The van der Waals surface area contributed by atoms with Gasteiger partial charge in [-0.3, -0.25) is 9.69 Å². The Labute approximate surface area is 128 Å². The van der Waals surface area contributed by atoms with Gasteiger partial charge in [0.05, 0.1) is 18.2 Å². The first-order valence-corrected chi connectivity index (χ1v) is 8.00. The summed E-state index contributed by atoms with van der Waals surface area (Å²) >= 11 is 2.66. The number of β-lactam (4-membered cyclic amide) rings is 1. The van der Waals surface area contributed by atoms with E-state index in [1.165, 1.54) is 28.4 Å². The van der Waals surface area contributed by atoms with E-state index in [4.69, 9.17) is 0 Å². The fraction of sp³-hybridized carbons (Fsp3) is 0.455. The Morgan fingerprint density at radius 3 is 3.00 bits per heavy atom. The number of nitrogens with zero attached hydrogens (tertiary/aromatic N) is 3. The van der Waals surface area contributed by atoms with Crippen LogP contribution in [-0.4, -0.2) is 59.6 Å². The minimum atomic E-state index is -1.13. The van der Waals surface area contributed by atoms with Crippen LogP contribution >= 0.6 is 23.5 Å². The molecule has 1 saturated heterocycles. The molecular weight excluding hydrogens is 316 g/mol. The van der Waals surface area contributed by atoms with Crippen molar-refractivity contribution in [1.82, 2.24) is 20.3 Å². The Balaban J connectivity index is 1.79. The molecule has 112 valence electrons. The number of nitrogens with one attached hydrogen (secondary N) is 1. The van der Waals surface area contributed by atoms with Crippen molar-refractivity contribution in [2.45, 2.75) is 23.4 Å². The maximum absolute atomic E-state index is 12.0. The number of carboxylic acids is 1. The van der Waals surface area contributed by atoms with Crippen molar-refractivity contribution >= 4 is 35.4 Å².